The van der Waals surface area contributed by atoms with Crippen LogP contribution in [0.3, 0.4) is 0 Å². The molecule has 0 aliphatic carbocycles. The van der Waals surface area contributed by atoms with Gasteiger partial charge in [-0.2, -0.15) is 13.2 Å². The Bertz CT molecular complexity index is 1490. The molecule has 8 nitrogen and oxygen atoms in total. The van der Waals surface area contributed by atoms with Gasteiger partial charge in [0, 0.05) is 41.7 Å². The highest BCUT2D eigenvalue weighted by molar-refractivity contribution is 5.98. The van der Waals surface area contributed by atoms with E-state index in [1.165, 1.54) is 30.5 Å². The lowest BCUT2D eigenvalue weighted by molar-refractivity contribution is -0.137. The molecule has 1 aromatic heterocycles. The van der Waals surface area contributed by atoms with Crippen LogP contribution in [-0.2, 0) is 17.4 Å². The third kappa shape index (κ3) is 7.51. The van der Waals surface area contributed by atoms with Crippen LogP contribution >= 0.6 is 0 Å². The molecule has 1 saturated heterocycles. The Morgan fingerprint density at radius 3 is 2.59 bits per heavy atom. The molecule has 3 N–H and O–H groups in total. The summed E-state index contributed by atoms with van der Waals surface area (Å²) in [5, 5.41) is 5.03. The quantitative estimate of drug-likeness (QED) is 0.324. The van der Waals surface area contributed by atoms with E-state index in [-0.39, 0.29) is 47.3 Å². The maximum atomic E-state index is 15.0. The number of anilines is 1. The molecule has 1 unspecified atom stereocenters. The lowest BCUT2D eigenvalue weighted by Gasteiger charge is -2.20. The van der Waals surface area contributed by atoms with Crippen LogP contribution in [0.4, 0.5) is 23.2 Å². The molecular weight excluding hydrogens is 544 g/mol. The van der Waals surface area contributed by atoms with Crippen LogP contribution in [0.2, 0.25) is 0 Å². The second-order valence-electron chi connectivity index (χ2n) is 9.82. The predicted octanol–water partition coefficient (Wildman–Crippen LogP) is 4.60. The maximum absolute atomic E-state index is 15.0. The van der Waals surface area contributed by atoms with Crippen molar-refractivity contribution >= 4 is 17.5 Å². The number of likely N-dealkylation sites (N-methyl/N-ethyl adjacent to an activating group) is 1. The van der Waals surface area contributed by atoms with Gasteiger partial charge in [-0.1, -0.05) is 12.1 Å². The van der Waals surface area contributed by atoms with Crippen molar-refractivity contribution in [2.45, 2.75) is 38.4 Å². The Morgan fingerprint density at radius 2 is 1.93 bits per heavy atom. The first-order valence-corrected chi connectivity index (χ1v) is 13.1. The minimum atomic E-state index is -4.76. The number of likely N-dealkylation sites (tertiary alicyclic amines) is 1. The summed E-state index contributed by atoms with van der Waals surface area (Å²) in [6, 6.07) is 8.04. The molecule has 3 aromatic rings. The van der Waals surface area contributed by atoms with Gasteiger partial charge in [0.1, 0.15) is 11.6 Å². The number of rotatable bonds is 9. The highest BCUT2D eigenvalue weighted by Crippen LogP contribution is 2.33. The summed E-state index contributed by atoms with van der Waals surface area (Å²) in [6.45, 7) is 3.19. The molecule has 0 spiro atoms. The van der Waals surface area contributed by atoms with Crippen LogP contribution in [0.5, 0.6) is 5.75 Å². The van der Waals surface area contributed by atoms with Gasteiger partial charge in [-0.15, -0.1) is 0 Å². The number of alkyl halides is 3. The molecule has 41 heavy (non-hydrogen) atoms. The number of aromatic amines is 1. The first-order valence-electron chi connectivity index (χ1n) is 13.1. The van der Waals surface area contributed by atoms with E-state index in [1.54, 1.807) is 6.92 Å². The topological polar surface area (TPSA) is 104 Å². The zero-order valence-electron chi connectivity index (χ0n) is 22.5. The molecule has 1 atom stereocenters. The van der Waals surface area contributed by atoms with E-state index in [2.05, 4.69) is 20.5 Å². The van der Waals surface area contributed by atoms with Gasteiger partial charge < -0.3 is 25.3 Å². The number of ether oxygens (including phenoxy) is 1. The van der Waals surface area contributed by atoms with Crippen molar-refractivity contribution in [1.29, 1.82) is 0 Å². The zero-order chi connectivity index (χ0) is 29.7. The Balaban J connectivity index is 1.49. The first kappa shape index (κ1) is 29.8. The lowest BCUT2D eigenvalue weighted by Crippen LogP contribution is -2.38. The van der Waals surface area contributed by atoms with Crippen LogP contribution in [0.1, 0.15) is 41.3 Å². The second kappa shape index (κ2) is 12.5. The van der Waals surface area contributed by atoms with E-state index in [0.717, 1.165) is 37.6 Å². The van der Waals surface area contributed by atoms with Crippen molar-refractivity contribution < 1.29 is 31.9 Å². The number of amides is 2. The van der Waals surface area contributed by atoms with E-state index in [9.17, 15) is 31.9 Å². The Morgan fingerprint density at radius 1 is 1.15 bits per heavy atom. The van der Waals surface area contributed by atoms with Gasteiger partial charge in [-0.05, 0) is 68.8 Å². The third-order valence-electron chi connectivity index (χ3n) is 6.88. The van der Waals surface area contributed by atoms with Crippen LogP contribution < -0.4 is 20.9 Å². The van der Waals surface area contributed by atoms with E-state index >= 15 is 0 Å². The summed E-state index contributed by atoms with van der Waals surface area (Å²) in [5.41, 5.74) is -1.14. The molecule has 1 aliphatic heterocycles. The summed E-state index contributed by atoms with van der Waals surface area (Å²) in [6.07, 6.45) is -1.99. The molecule has 0 saturated carbocycles. The van der Waals surface area contributed by atoms with E-state index in [1.807, 2.05) is 7.05 Å². The summed E-state index contributed by atoms with van der Waals surface area (Å²) in [4.78, 5) is 41.6. The number of carbonyl (C=O) groups is 2. The number of benzene rings is 2. The van der Waals surface area contributed by atoms with Gasteiger partial charge in [0.15, 0.2) is 0 Å². The summed E-state index contributed by atoms with van der Waals surface area (Å²) < 4.78 is 61.2. The number of pyridine rings is 1. The minimum absolute atomic E-state index is 0.000685. The Labute approximate surface area is 233 Å². The molecular formula is C29H30F4N4O4. The fraction of sp³-hybridized carbons (Fsp3) is 0.345. The molecule has 1 fully saturated rings. The molecule has 0 bridgehead atoms. The van der Waals surface area contributed by atoms with Crippen molar-refractivity contribution in [3.05, 3.63) is 81.5 Å². The number of nitrogens with zero attached hydrogens (tertiary/aromatic N) is 1. The highest BCUT2D eigenvalue weighted by Gasteiger charge is 2.32. The fourth-order valence-corrected chi connectivity index (χ4v) is 4.73. The fourth-order valence-electron chi connectivity index (χ4n) is 4.73. The number of hydrogen-bond donors (Lipinski definition) is 3. The minimum Gasteiger partial charge on any atom is -0.493 e. The smallest absolute Gasteiger partial charge is 0.416 e. The van der Waals surface area contributed by atoms with Gasteiger partial charge in [0.05, 0.1) is 18.6 Å². The molecule has 2 heterocycles. The summed E-state index contributed by atoms with van der Waals surface area (Å²) in [7, 11) is 1.92. The normalized spacial score (nSPS) is 15.5. The molecule has 0 radical (unpaired) electrons. The number of aromatic nitrogens is 1. The first-order chi connectivity index (χ1) is 19.4. The second-order valence-corrected chi connectivity index (χ2v) is 9.82. The van der Waals surface area contributed by atoms with Crippen molar-refractivity contribution in [2.24, 2.45) is 0 Å². The molecule has 2 amide bonds. The van der Waals surface area contributed by atoms with Crippen molar-refractivity contribution in [1.82, 2.24) is 15.2 Å². The Kier molecular flexibility index (Phi) is 9.11. The van der Waals surface area contributed by atoms with Crippen molar-refractivity contribution in [3.8, 4) is 16.9 Å². The number of carbonyl (C=O) groups excluding carboxylic acids is 2. The van der Waals surface area contributed by atoms with Crippen LogP contribution in [0.15, 0.2) is 53.5 Å². The van der Waals surface area contributed by atoms with Gasteiger partial charge in [0.25, 0.3) is 11.5 Å². The molecule has 218 valence electrons. The van der Waals surface area contributed by atoms with E-state index < -0.39 is 35.8 Å². The standard InChI is InChI=1S/C29H30F4N4O4/c1-3-41-25-14-26(38)34-16-23(25)17-6-7-18(24(30)11-17)12-27(39)36-21-10-19(9-20(13-21)29(31,32)33)28(40)35-15-22-5-4-8-37(22)2/h6-7,9-11,13-14,16,22H,3-5,8,12,15H2,1-2H3,(H,34,38)(H,35,40)(H,36,39). The summed E-state index contributed by atoms with van der Waals surface area (Å²) >= 11 is 0. The van der Waals surface area contributed by atoms with Crippen LogP contribution in [0.25, 0.3) is 11.1 Å². The van der Waals surface area contributed by atoms with Gasteiger partial charge in [-0.3, -0.25) is 14.4 Å². The van der Waals surface area contributed by atoms with Crippen molar-refractivity contribution in [3.63, 3.8) is 0 Å². The van der Waals surface area contributed by atoms with E-state index in [0.29, 0.717) is 11.1 Å². The largest absolute Gasteiger partial charge is 0.493 e. The third-order valence-corrected chi connectivity index (χ3v) is 6.88. The molecule has 12 heteroatoms. The molecule has 4 rings (SSSR count). The maximum Gasteiger partial charge on any atom is 0.416 e. The zero-order valence-corrected chi connectivity index (χ0v) is 22.5. The number of halogens is 4. The van der Waals surface area contributed by atoms with Crippen LogP contribution in [0, 0.1) is 5.82 Å². The summed E-state index contributed by atoms with van der Waals surface area (Å²) in [5.74, 6) is -1.93. The average molecular weight is 575 g/mol. The molecule has 2 aromatic carbocycles. The Hall–Kier alpha value is -4.19. The predicted molar refractivity (Wildman–Crippen MR) is 145 cm³/mol. The SMILES string of the molecule is CCOc1cc(=O)[nH]cc1-c1ccc(CC(=O)Nc2cc(C(=O)NCC3CCCN3C)cc(C(F)(F)F)c2)c(F)c1. The highest BCUT2D eigenvalue weighted by atomic mass is 19.4. The molecule has 1 aliphatic rings. The average Bonchev–Trinajstić information content (AvgIpc) is 3.32. The van der Waals surface area contributed by atoms with E-state index in [4.69, 9.17) is 4.74 Å². The van der Waals surface area contributed by atoms with Crippen LogP contribution in [-0.4, -0.2) is 54.5 Å². The van der Waals surface area contributed by atoms with Gasteiger partial charge in [-0.25, -0.2) is 4.39 Å². The lowest BCUT2D eigenvalue weighted by atomic mass is 10.0. The van der Waals surface area contributed by atoms with Gasteiger partial charge in [0.2, 0.25) is 5.91 Å². The number of hydrogen-bond acceptors (Lipinski definition) is 5. The monoisotopic (exact) mass is 574 g/mol. The number of H-pyrrole nitrogens is 1. The number of nitrogens with one attached hydrogen (secondary N) is 3. The van der Waals surface area contributed by atoms with Crippen molar-refractivity contribution in [2.75, 3.05) is 32.1 Å². The van der Waals surface area contributed by atoms with Gasteiger partial charge >= 0.3 is 6.18 Å².